The van der Waals surface area contributed by atoms with Crippen molar-refractivity contribution in [2.75, 3.05) is 6.54 Å². The quantitative estimate of drug-likeness (QED) is 0.866. The van der Waals surface area contributed by atoms with Crippen molar-refractivity contribution in [2.45, 2.75) is 32.4 Å². The van der Waals surface area contributed by atoms with E-state index in [0.717, 1.165) is 16.6 Å². The van der Waals surface area contributed by atoms with E-state index in [4.69, 9.17) is 0 Å². The fourth-order valence-corrected chi connectivity index (χ4v) is 3.33. The van der Waals surface area contributed by atoms with Gasteiger partial charge in [-0.25, -0.2) is 0 Å². The molecule has 0 saturated carbocycles. The Labute approximate surface area is 132 Å². The SMILES string of the molecule is CC(C)n1ncc(Br)c1C(=O)C1CNCc2ccccc21. The number of ketones is 1. The first-order valence-corrected chi connectivity index (χ1v) is 7.94. The van der Waals surface area contributed by atoms with Gasteiger partial charge in [-0.05, 0) is 40.9 Å². The number of hydrogen-bond acceptors (Lipinski definition) is 3. The van der Waals surface area contributed by atoms with Crippen LogP contribution in [0.25, 0.3) is 0 Å². The third kappa shape index (κ3) is 2.56. The summed E-state index contributed by atoms with van der Waals surface area (Å²) in [6, 6.07) is 8.31. The number of halogens is 1. The highest BCUT2D eigenvalue weighted by molar-refractivity contribution is 9.10. The summed E-state index contributed by atoms with van der Waals surface area (Å²) in [7, 11) is 0. The van der Waals surface area contributed by atoms with Crippen LogP contribution in [0.4, 0.5) is 0 Å². The van der Waals surface area contributed by atoms with E-state index < -0.39 is 0 Å². The summed E-state index contributed by atoms with van der Waals surface area (Å²) in [6.07, 6.45) is 1.70. The summed E-state index contributed by atoms with van der Waals surface area (Å²) >= 11 is 3.47. The number of Topliss-reactive ketones (excluding diaryl/α,β-unsaturated/α-hetero) is 1. The fourth-order valence-electron chi connectivity index (χ4n) is 2.86. The Balaban J connectivity index is 2.03. The number of aromatic nitrogens is 2. The predicted molar refractivity (Wildman–Crippen MR) is 85.5 cm³/mol. The van der Waals surface area contributed by atoms with Gasteiger partial charge in [0.15, 0.2) is 5.78 Å². The van der Waals surface area contributed by atoms with Crippen LogP contribution < -0.4 is 5.32 Å². The highest BCUT2D eigenvalue weighted by Crippen LogP contribution is 2.30. The maximum Gasteiger partial charge on any atom is 0.190 e. The summed E-state index contributed by atoms with van der Waals surface area (Å²) in [6.45, 7) is 5.56. The van der Waals surface area contributed by atoms with Gasteiger partial charge < -0.3 is 5.32 Å². The maximum atomic E-state index is 13.0. The molecule has 0 amide bonds. The minimum Gasteiger partial charge on any atom is -0.312 e. The van der Waals surface area contributed by atoms with Gasteiger partial charge in [0.25, 0.3) is 0 Å². The average molecular weight is 348 g/mol. The largest absolute Gasteiger partial charge is 0.312 e. The molecule has 0 fully saturated rings. The van der Waals surface area contributed by atoms with Crippen LogP contribution >= 0.6 is 15.9 Å². The molecular formula is C16H18BrN3O. The number of fused-ring (bicyclic) bond motifs is 1. The van der Waals surface area contributed by atoms with Gasteiger partial charge in [0.2, 0.25) is 0 Å². The number of carbonyl (C=O) groups is 1. The smallest absolute Gasteiger partial charge is 0.190 e. The molecule has 110 valence electrons. The number of nitrogens with one attached hydrogen (secondary N) is 1. The first kappa shape index (κ1) is 14.5. The van der Waals surface area contributed by atoms with Crippen LogP contribution in [0.3, 0.4) is 0 Å². The van der Waals surface area contributed by atoms with E-state index in [2.05, 4.69) is 38.5 Å². The van der Waals surface area contributed by atoms with E-state index in [1.807, 2.05) is 26.0 Å². The van der Waals surface area contributed by atoms with Gasteiger partial charge in [-0.1, -0.05) is 24.3 Å². The van der Waals surface area contributed by atoms with Gasteiger partial charge in [0, 0.05) is 19.1 Å². The van der Waals surface area contributed by atoms with E-state index in [-0.39, 0.29) is 17.7 Å². The van der Waals surface area contributed by atoms with Crippen molar-refractivity contribution in [1.82, 2.24) is 15.1 Å². The van der Waals surface area contributed by atoms with Gasteiger partial charge >= 0.3 is 0 Å². The maximum absolute atomic E-state index is 13.0. The molecule has 1 N–H and O–H groups in total. The fraction of sp³-hybridized carbons (Fsp3) is 0.375. The average Bonchev–Trinajstić information content (AvgIpc) is 2.88. The van der Waals surface area contributed by atoms with Crippen molar-refractivity contribution >= 4 is 21.7 Å². The molecule has 1 atom stereocenters. The first-order valence-electron chi connectivity index (χ1n) is 7.15. The number of rotatable bonds is 3. The summed E-state index contributed by atoms with van der Waals surface area (Å²) in [5, 5.41) is 7.65. The molecule has 0 saturated heterocycles. The third-order valence-electron chi connectivity index (χ3n) is 3.88. The van der Waals surface area contributed by atoms with Crippen LogP contribution in [0.2, 0.25) is 0 Å². The van der Waals surface area contributed by atoms with Gasteiger partial charge in [0.05, 0.1) is 16.6 Å². The van der Waals surface area contributed by atoms with Crippen molar-refractivity contribution in [3.63, 3.8) is 0 Å². The van der Waals surface area contributed by atoms with Crippen LogP contribution in [0.15, 0.2) is 34.9 Å². The second kappa shape index (κ2) is 5.73. The zero-order valence-electron chi connectivity index (χ0n) is 12.1. The number of benzene rings is 1. The van der Waals surface area contributed by atoms with Gasteiger partial charge in [-0.3, -0.25) is 9.48 Å². The lowest BCUT2D eigenvalue weighted by atomic mass is 9.86. The molecule has 1 aromatic heterocycles. The molecule has 0 aliphatic carbocycles. The molecule has 1 aliphatic heterocycles. The number of nitrogens with zero attached hydrogens (tertiary/aromatic N) is 2. The van der Waals surface area contributed by atoms with E-state index in [1.54, 1.807) is 10.9 Å². The second-order valence-corrected chi connectivity index (χ2v) is 6.48. The molecule has 0 radical (unpaired) electrons. The molecule has 4 nitrogen and oxygen atoms in total. The van der Waals surface area contributed by atoms with E-state index in [0.29, 0.717) is 12.2 Å². The van der Waals surface area contributed by atoms with Crippen molar-refractivity contribution in [3.8, 4) is 0 Å². The van der Waals surface area contributed by atoms with Crippen molar-refractivity contribution in [3.05, 3.63) is 51.8 Å². The Morgan fingerprint density at radius 2 is 2.19 bits per heavy atom. The highest BCUT2D eigenvalue weighted by atomic mass is 79.9. The number of carbonyl (C=O) groups excluding carboxylic acids is 1. The lowest BCUT2D eigenvalue weighted by Crippen LogP contribution is -2.33. The molecule has 0 spiro atoms. The van der Waals surface area contributed by atoms with Crippen LogP contribution in [0.1, 0.15) is 47.4 Å². The van der Waals surface area contributed by atoms with E-state index >= 15 is 0 Å². The molecule has 2 heterocycles. The van der Waals surface area contributed by atoms with Gasteiger partial charge in [-0.15, -0.1) is 0 Å². The molecule has 0 bridgehead atoms. The standard InChI is InChI=1S/C16H18BrN3O/c1-10(2)20-15(14(17)9-19-20)16(21)13-8-18-7-11-5-3-4-6-12(11)13/h3-6,9-10,13,18H,7-8H2,1-2H3. The van der Waals surface area contributed by atoms with Crippen LogP contribution in [-0.2, 0) is 6.54 Å². The molecule has 3 rings (SSSR count). The third-order valence-corrected chi connectivity index (χ3v) is 4.46. The Morgan fingerprint density at radius 1 is 1.43 bits per heavy atom. The zero-order valence-corrected chi connectivity index (χ0v) is 13.7. The topological polar surface area (TPSA) is 46.9 Å². The van der Waals surface area contributed by atoms with Crippen LogP contribution in [0.5, 0.6) is 0 Å². The minimum absolute atomic E-state index is 0.118. The second-order valence-electron chi connectivity index (χ2n) is 5.63. The Kier molecular flexibility index (Phi) is 3.95. The monoisotopic (exact) mass is 347 g/mol. The van der Waals surface area contributed by atoms with Crippen molar-refractivity contribution < 1.29 is 4.79 Å². The van der Waals surface area contributed by atoms with Gasteiger partial charge in [0.1, 0.15) is 5.69 Å². The molecule has 5 heteroatoms. The summed E-state index contributed by atoms with van der Waals surface area (Å²) < 4.78 is 2.56. The highest BCUT2D eigenvalue weighted by Gasteiger charge is 2.31. The molecule has 1 unspecified atom stereocenters. The Morgan fingerprint density at radius 3 is 2.95 bits per heavy atom. The minimum atomic E-state index is -0.152. The van der Waals surface area contributed by atoms with Crippen LogP contribution in [-0.4, -0.2) is 22.1 Å². The molecule has 2 aromatic rings. The van der Waals surface area contributed by atoms with Crippen LogP contribution in [0, 0.1) is 0 Å². The molecule has 1 aromatic carbocycles. The molecule has 21 heavy (non-hydrogen) atoms. The summed E-state index contributed by atoms with van der Waals surface area (Å²) in [5.41, 5.74) is 2.99. The predicted octanol–water partition coefficient (Wildman–Crippen LogP) is 3.30. The Bertz CT molecular complexity index is 678. The normalized spacial score (nSPS) is 17.8. The summed E-state index contributed by atoms with van der Waals surface area (Å²) in [5.74, 6) is -0.0341. The zero-order chi connectivity index (χ0) is 15.0. The van der Waals surface area contributed by atoms with Gasteiger partial charge in [-0.2, -0.15) is 5.10 Å². The first-order chi connectivity index (χ1) is 10.1. The summed E-state index contributed by atoms with van der Waals surface area (Å²) in [4.78, 5) is 13.0. The molecule has 1 aliphatic rings. The lowest BCUT2D eigenvalue weighted by Gasteiger charge is -2.26. The Hall–Kier alpha value is -1.46. The molecular weight excluding hydrogens is 330 g/mol. The van der Waals surface area contributed by atoms with E-state index in [9.17, 15) is 4.79 Å². The van der Waals surface area contributed by atoms with Crippen molar-refractivity contribution in [2.24, 2.45) is 0 Å². The van der Waals surface area contributed by atoms with Crippen molar-refractivity contribution in [1.29, 1.82) is 0 Å². The lowest BCUT2D eigenvalue weighted by molar-refractivity contribution is 0.0941. The van der Waals surface area contributed by atoms with E-state index in [1.165, 1.54) is 5.56 Å². The number of hydrogen-bond donors (Lipinski definition) is 1.